The Labute approximate surface area is 202 Å². The third kappa shape index (κ3) is 16.2. The van der Waals surface area contributed by atoms with Gasteiger partial charge in [0.25, 0.3) is 0 Å². The van der Waals surface area contributed by atoms with E-state index in [1.807, 2.05) is 0 Å². The van der Waals surface area contributed by atoms with Gasteiger partial charge < -0.3 is 60.0 Å². The topological polar surface area (TPSA) is 241 Å². The minimum Gasteiger partial charge on any atom is -0.547 e. The molecule has 0 bridgehead atoms. The van der Waals surface area contributed by atoms with Gasteiger partial charge in [0.1, 0.15) is 24.4 Å². The van der Waals surface area contributed by atoms with Crippen LogP contribution in [-0.4, -0.2) is 106 Å². The van der Waals surface area contributed by atoms with E-state index in [1.165, 1.54) is 0 Å². The molecule has 0 aliphatic heterocycles. The number of carbonyl (C=O) groups excluding carboxylic acids is 4. The van der Waals surface area contributed by atoms with Gasteiger partial charge in [-0.15, -0.1) is 0 Å². The third-order valence-electron chi connectivity index (χ3n) is 1.56. The van der Waals surface area contributed by atoms with E-state index in [9.17, 15) is 39.6 Å². The van der Waals surface area contributed by atoms with Crippen LogP contribution in [0.1, 0.15) is 0 Å². The molecule has 0 radical (unpaired) electrons. The Morgan fingerprint density at radius 2 is 0.609 bits per heavy atom. The van der Waals surface area contributed by atoms with Gasteiger partial charge in [0, 0.05) is 0 Å². The molecule has 0 saturated heterocycles. The number of rotatable bonds is 6. The first-order chi connectivity index (χ1) is 8.93. The van der Waals surface area contributed by atoms with Crippen molar-refractivity contribution in [1.82, 2.24) is 0 Å². The maximum absolute atomic E-state index is 9.63. The number of aliphatic hydroxyl groups is 4. The summed E-state index contributed by atoms with van der Waals surface area (Å²) in [5, 5.41) is 71.5. The summed E-state index contributed by atoms with van der Waals surface area (Å²) in [6, 6.07) is 0. The van der Waals surface area contributed by atoms with Crippen LogP contribution in [0.3, 0.4) is 0 Å². The number of carboxylic acids is 4. The van der Waals surface area contributed by atoms with E-state index in [0.29, 0.717) is 0 Å². The second-order valence-corrected chi connectivity index (χ2v) is 3.06. The molecule has 0 aliphatic rings. The molecule has 0 saturated carbocycles. The van der Waals surface area contributed by atoms with E-state index in [-0.39, 0.29) is 96.9 Å². The Kier molecular flexibility index (Phi) is 27.2. The van der Waals surface area contributed by atoms with Gasteiger partial charge in [-0.1, -0.05) is 0 Å². The zero-order chi connectivity index (χ0) is 16.6. The molecule has 4 unspecified atom stereocenters. The molecular weight excluding hydrogens is 374 g/mol. The second kappa shape index (κ2) is 17.8. The zero-order valence-electron chi connectivity index (χ0n) is 12.1. The summed E-state index contributed by atoms with van der Waals surface area (Å²) in [6.45, 7) is 0. The summed E-state index contributed by atoms with van der Waals surface area (Å²) < 4.78 is 0. The first kappa shape index (κ1) is 35.2. The Hall–Kier alpha value is 0.980. The van der Waals surface area contributed by atoms with E-state index in [1.54, 1.807) is 0 Å². The largest absolute Gasteiger partial charge is 2.00 e. The smallest absolute Gasteiger partial charge is 0.547 e. The maximum atomic E-state index is 9.63. The van der Waals surface area contributed by atoms with Gasteiger partial charge in [-0.25, -0.2) is 0 Å². The Bertz CT molecular complexity index is 319. The SMILES string of the molecule is O=C([O-])C(O)C(O)C(=O)[O-].O=C([O-])C(O)C(O)C(=O)[O-].[Ca+2].[Na+].[Na+]. The molecule has 23 heavy (non-hydrogen) atoms. The maximum Gasteiger partial charge on any atom is 2.00 e. The molecule has 12 nitrogen and oxygen atoms in total. The third-order valence-corrected chi connectivity index (χ3v) is 1.56. The predicted molar refractivity (Wildman–Crippen MR) is 49.8 cm³/mol. The van der Waals surface area contributed by atoms with Crippen molar-refractivity contribution in [3.8, 4) is 0 Å². The van der Waals surface area contributed by atoms with Gasteiger partial charge in [0.05, 0.1) is 23.9 Å². The van der Waals surface area contributed by atoms with Crippen molar-refractivity contribution in [2.24, 2.45) is 0 Å². The van der Waals surface area contributed by atoms with Crippen LogP contribution in [-0.2, 0) is 19.2 Å². The van der Waals surface area contributed by atoms with Gasteiger partial charge in [0.2, 0.25) is 0 Å². The van der Waals surface area contributed by atoms with E-state index < -0.39 is 48.3 Å². The summed E-state index contributed by atoms with van der Waals surface area (Å²) in [5.41, 5.74) is 0. The first-order valence-electron chi connectivity index (χ1n) is 4.49. The summed E-state index contributed by atoms with van der Waals surface area (Å²) in [5.74, 6) is -8.23. The minimum atomic E-state index is -2.44. The standard InChI is InChI=1S/2C4H6O6.Ca.2Na/c2*5-1(3(7)8)2(6)4(9)10;;;/h2*1-2,5-6H,(H,7,8)(H,9,10);;;/q;;+2;2*+1/p-4. The quantitative estimate of drug-likeness (QED) is 0.313. The van der Waals surface area contributed by atoms with Gasteiger partial charge in [-0.3, -0.25) is 0 Å². The van der Waals surface area contributed by atoms with E-state index in [2.05, 4.69) is 0 Å². The van der Waals surface area contributed by atoms with Gasteiger partial charge in [-0.05, 0) is 0 Å². The number of aliphatic carboxylic acids is 4. The van der Waals surface area contributed by atoms with E-state index in [0.717, 1.165) is 0 Å². The number of aliphatic hydroxyl groups excluding tert-OH is 4. The zero-order valence-corrected chi connectivity index (χ0v) is 18.3. The van der Waals surface area contributed by atoms with Crippen molar-refractivity contribution in [3.05, 3.63) is 0 Å². The van der Waals surface area contributed by atoms with Crippen molar-refractivity contribution in [3.63, 3.8) is 0 Å². The molecule has 0 fully saturated rings. The van der Waals surface area contributed by atoms with Gasteiger partial charge in [-0.2, -0.15) is 0 Å². The molecule has 0 spiro atoms. The molecule has 0 amide bonds. The second-order valence-electron chi connectivity index (χ2n) is 3.06. The minimum absolute atomic E-state index is 0. The number of carbonyl (C=O) groups is 4. The van der Waals surface area contributed by atoms with Crippen LogP contribution in [0.4, 0.5) is 0 Å². The molecule has 0 aromatic carbocycles. The molecule has 0 aromatic heterocycles. The predicted octanol–water partition coefficient (Wildman–Crippen LogP) is -16.0. The average Bonchev–Trinajstić information content (AvgIpc) is 2.35. The van der Waals surface area contributed by atoms with Crippen LogP contribution in [0.25, 0.3) is 0 Å². The van der Waals surface area contributed by atoms with E-state index in [4.69, 9.17) is 20.4 Å². The molecule has 0 aliphatic carbocycles. The van der Waals surface area contributed by atoms with Crippen LogP contribution in [0.15, 0.2) is 0 Å². The van der Waals surface area contributed by atoms with Crippen molar-refractivity contribution in [2.75, 3.05) is 0 Å². The van der Waals surface area contributed by atoms with Crippen LogP contribution < -0.4 is 79.5 Å². The monoisotopic (exact) mass is 382 g/mol. The molecule has 4 atom stereocenters. The van der Waals surface area contributed by atoms with Crippen molar-refractivity contribution >= 4 is 61.6 Å². The molecule has 0 heterocycles. The van der Waals surface area contributed by atoms with Crippen LogP contribution in [0.2, 0.25) is 0 Å². The molecule has 0 aromatic rings. The number of hydrogen-bond acceptors (Lipinski definition) is 12. The molecule has 4 N–H and O–H groups in total. The summed E-state index contributed by atoms with van der Waals surface area (Å²) in [4.78, 5) is 38.5. The summed E-state index contributed by atoms with van der Waals surface area (Å²) in [7, 11) is 0. The fraction of sp³-hybridized carbons (Fsp3) is 0.500. The average molecular weight is 382 g/mol. The van der Waals surface area contributed by atoms with Crippen LogP contribution in [0.5, 0.6) is 0 Å². The Morgan fingerprint density at radius 3 is 0.652 bits per heavy atom. The van der Waals surface area contributed by atoms with Crippen LogP contribution in [0, 0.1) is 0 Å². The number of carboxylic acid groups (broad SMARTS) is 4. The first-order valence-corrected chi connectivity index (χ1v) is 4.49. The van der Waals surface area contributed by atoms with E-state index >= 15 is 0 Å². The molecule has 0 rings (SSSR count). The molecule has 116 valence electrons. The van der Waals surface area contributed by atoms with Crippen LogP contribution >= 0.6 is 0 Å². The summed E-state index contributed by atoms with van der Waals surface area (Å²) >= 11 is 0. The Morgan fingerprint density at radius 1 is 0.522 bits per heavy atom. The number of hydrogen-bond donors (Lipinski definition) is 4. The van der Waals surface area contributed by atoms with Gasteiger partial charge >= 0.3 is 96.9 Å². The van der Waals surface area contributed by atoms with Crippen molar-refractivity contribution < 1.29 is 119 Å². The summed E-state index contributed by atoms with van der Waals surface area (Å²) in [6.07, 6.45) is -9.76. The Balaban J connectivity index is -0.0000000831. The van der Waals surface area contributed by atoms with Gasteiger partial charge in [0.15, 0.2) is 0 Å². The van der Waals surface area contributed by atoms with Crippen molar-refractivity contribution in [2.45, 2.75) is 24.4 Å². The molecular formula is C8H8CaNa2O12. The molecule has 15 heteroatoms. The fourth-order valence-corrected chi connectivity index (χ4v) is 0.516. The fourth-order valence-electron chi connectivity index (χ4n) is 0.516. The normalized spacial score (nSPS) is 13.7. The van der Waals surface area contributed by atoms with Crippen molar-refractivity contribution in [1.29, 1.82) is 0 Å².